The van der Waals surface area contributed by atoms with E-state index >= 15 is 0 Å². The van der Waals surface area contributed by atoms with Gasteiger partial charge in [-0.25, -0.2) is 13.1 Å². The van der Waals surface area contributed by atoms with Crippen LogP contribution >= 0.6 is 11.3 Å². The lowest BCUT2D eigenvalue weighted by atomic mass is 10.2. The maximum atomic E-state index is 13.1. The molecule has 0 saturated carbocycles. The van der Waals surface area contributed by atoms with Gasteiger partial charge in [-0.2, -0.15) is 13.2 Å². The fourth-order valence-corrected chi connectivity index (χ4v) is 4.39. The summed E-state index contributed by atoms with van der Waals surface area (Å²) < 4.78 is 66.4. The van der Waals surface area contributed by atoms with Gasteiger partial charge >= 0.3 is 6.18 Å². The highest BCUT2D eigenvalue weighted by Crippen LogP contribution is 2.34. The van der Waals surface area contributed by atoms with Crippen molar-refractivity contribution in [2.75, 3.05) is 0 Å². The van der Waals surface area contributed by atoms with E-state index < -0.39 is 26.7 Å². The Morgan fingerprint density at radius 1 is 1.04 bits per heavy atom. The SMILES string of the molecule is O=S(=O)(NCc1cccnc1-c1cccs1)c1ccccc1C(F)(F)F. The van der Waals surface area contributed by atoms with Crippen molar-refractivity contribution >= 4 is 21.4 Å². The van der Waals surface area contributed by atoms with Crippen LogP contribution in [0.15, 0.2) is 65.0 Å². The van der Waals surface area contributed by atoms with Crippen LogP contribution in [0.25, 0.3) is 10.6 Å². The number of hydrogen-bond donors (Lipinski definition) is 1. The Hall–Kier alpha value is -2.23. The summed E-state index contributed by atoms with van der Waals surface area (Å²) in [5, 5.41) is 1.86. The molecule has 0 aliphatic carbocycles. The second-order valence-electron chi connectivity index (χ2n) is 5.31. The summed E-state index contributed by atoms with van der Waals surface area (Å²) in [6, 6.07) is 11.1. The van der Waals surface area contributed by atoms with E-state index in [1.165, 1.54) is 17.4 Å². The fourth-order valence-electron chi connectivity index (χ4n) is 2.40. The molecular weight excluding hydrogens is 385 g/mol. The maximum Gasteiger partial charge on any atom is 0.417 e. The number of nitrogens with one attached hydrogen (secondary N) is 1. The number of halogens is 3. The molecule has 0 atom stereocenters. The number of pyridine rings is 1. The molecule has 1 N–H and O–H groups in total. The largest absolute Gasteiger partial charge is 0.417 e. The van der Waals surface area contributed by atoms with E-state index in [2.05, 4.69) is 9.71 Å². The molecule has 0 unspecified atom stereocenters. The molecule has 0 saturated heterocycles. The quantitative estimate of drug-likeness (QED) is 0.697. The molecule has 0 radical (unpaired) electrons. The second-order valence-corrected chi connectivity index (χ2v) is 7.99. The van der Waals surface area contributed by atoms with Gasteiger partial charge in [-0.3, -0.25) is 4.98 Å². The average Bonchev–Trinajstić information content (AvgIpc) is 3.14. The molecule has 3 aromatic rings. The van der Waals surface area contributed by atoms with Crippen LogP contribution in [0.5, 0.6) is 0 Å². The van der Waals surface area contributed by atoms with E-state index in [9.17, 15) is 21.6 Å². The number of sulfonamides is 1. The molecule has 4 nitrogen and oxygen atoms in total. The summed E-state index contributed by atoms with van der Waals surface area (Å²) in [5.41, 5.74) is -0.0329. The number of hydrogen-bond acceptors (Lipinski definition) is 4. The van der Waals surface area contributed by atoms with Gasteiger partial charge < -0.3 is 0 Å². The Labute approximate surface area is 152 Å². The van der Waals surface area contributed by atoms with Gasteiger partial charge in [0.25, 0.3) is 0 Å². The van der Waals surface area contributed by atoms with Crippen molar-refractivity contribution in [2.24, 2.45) is 0 Å². The number of alkyl halides is 3. The molecular formula is C17H13F3N2O2S2. The monoisotopic (exact) mass is 398 g/mol. The third-order valence-corrected chi connectivity index (χ3v) is 5.92. The maximum absolute atomic E-state index is 13.1. The van der Waals surface area contributed by atoms with Crippen LogP contribution in [0.1, 0.15) is 11.1 Å². The zero-order chi connectivity index (χ0) is 18.8. The Morgan fingerprint density at radius 2 is 1.81 bits per heavy atom. The summed E-state index contributed by atoms with van der Waals surface area (Å²) in [6.45, 7) is -0.171. The lowest BCUT2D eigenvalue weighted by Gasteiger charge is -2.14. The van der Waals surface area contributed by atoms with Crippen LogP contribution in [-0.2, 0) is 22.7 Å². The standard InChI is InChI=1S/C17H13F3N2O2S2/c18-17(19,20)13-6-1-2-8-15(13)26(23,24)22-11-12-5-3-9-21-16(12)14-7-4-10-25-14/h1-10,22H,11H2. The lowest BCUT2D eigenvalue weighted by Crippen LogP contribution is -2.26. The molecule has 0 spiro atoms. The number of rotatable bonds is 5. The molecule has 0 aliphatic rings. The molecule has 2 aromatic heterocycles. The van der Waals surface area contributed by atoms with Crippen LogP contribution in [0.3, 0.4) is 0 Å². The molecule has 0 amide bonds. The highest BCUT2D eigenvalue weighted by atomic mass is 32.2. The molecule has 3 rings (SSSR count). The zero-order valence-electron chi connectivity index (χ0n) is 13.2. The first-order valence-corrected chi connectivity index (χ1v) is 9.79. The minimum atomic E-state index is -4.76. The van der Waals surface area contributed by atoms with Gasteiger partial charge in [0.05, 0.1) is 21.0 Å². The summed E-state index contributed by atoms with van der Waals surface area (Å²) in [7, 11) is -4.35. The number of nitrogens with zero attached hydrogens (tertiary/aromatic N) is 1. The van der Waals surface area contributed by atoms with Crippen LogP contribution < -0.4 is 4.72 Å². The van der Waals surface area contributed by atoms with Crippen LogP contribution in [0.2, 0.25) is 0 Å². The number of benzene rings is 1. The minimum Gasteiger partial charge on any atom is -0.255 e. The van der Waals surface area contributed by atoms with E-state index in [1.807, 2.05) is 17.5 Å². The Morgan fingerprint density at radius 3 is 2.50 bits per heavy atom. The first kappa shape index (κ1) is 18.6. The Balaban J connectivity index is 1.90. The third kappa shape index (κ3) is 3.95. The van der Waals surface area contributed by atoms with Gasteiger partial charge in [0.15, 0.2) is 0 Å². The first-order chi connectivity index (χ1) is 12.3. The predicted molar refractivity (Wildman–Crippen MR) is 93.0 cm³/mol. The Kier molecular flexibility index (Phi) is 5.12. The average molecular weight is 398 g/mol. The highest BCUT2D eigenvalue weighted by molar-refractivity contribution is 7.89. The van der Waals surface area contributed by atoms with E-state index in [-0.39, 0.29) is 6.54 Å². The summed E-state index contributed by atoms with van der Waals surface area (Å²) in [5.74, 6) is 0. The van der Waals surface area contributed by atoms with Crippen LogP contribution in [0.4, 0.5) is 13.2 Å². The molecule has 26 heavy (non-hydrogen) atoms. The highest BCUT2D eigenvalue weighted by Gasteiger charge is 2.36. The first-order valence-electron chi connectivity index (χ1n) is 7.43. The molecule has 0 fully saturated rings. The number of thiophene rings is 1. The van der Waals surface area contributed by atoms with E-state index in [1.54, 1.807) is 18.3 Å². The van der Waals surface area contributed by atoms with Crippen molar-refractivity contribution in [3.63, 3.8) is 0 Å². The van der Waals surface area contributed by atoms with Crippen molar-refractivity contribution < 1.29 is 21.6 Å². The van der Waals surface area contributed by atoms with Gasteiger partial charge in [0.2, 0.25) is 10.0 Å². The molecule has 136 valence electrons. The molecule has 9 heteroatoms. The predicted octanol–water partition coefficient (Wildman–Crippen LogP) is 4.31. The van der Waals surface area contributed by atoms with Crippen molar-refractivity contribution in [1.82, 2.24) is 9.71 Å². The molecule has 2 heterocycles. The summed E-state index contributed by atoms with van der Waals surface area (Å²) in [6.07, 6.45) is -3.19. The smallest absolute Gasteiger partial charge is 0.255 e. The van der Waals surface area contributed by atoms with E-state index in [0.717, 1.165) is 23.1 Å². The van der Waals surface area contributed by atoms with Gasteiger partial charge in [0.1, 0.15) is 0 Å². The van der Waals surface area contributed by atoms with Gasteiger partial charge in [0, 0.05) is 12.7 Å². The summed E-state index contributed by atoms with van der Waals surface area (Å²) >= 11 is 1.44. The van der Waals surface area contributed by atoms with Gasteiger partial charge in [-0.05, 0) is 35.2 Å². The van der Waals surface area contributed by atoms with Gasteiger partial charge in [-0.1, -0.05) is 24.3 Å². The van der Waals surface area contributed by atoms with Crippen molar-refractivity contribution in [3.8, 4) is 10.6 Å². The van der Waals surface area contributed by atoms with Crippen molar-refractivity contribution in [2.45, 2.75) is 17.6 Å². The van der Waals surface area contributed by atoms with Crippen molar-refractivity contribution in [1.29, 1.82) is 0 Å². The molecule has 0 bridgehead atoms. The second kappa shape index (κ2) is 7.18. The molecule has 0 aliphatic heterocycles. The molecule has 1 aromatic carbocycles. The lowest BCUT2D eigenvalue weighted by molar-refractivity contribution is -0.139. The number of aromatic nitrogens is 1. The summed E-state index contributed by atoms with van der Waals surface area (Å²) in [4.78, 5) is 4.29. The minimum absolute atomic E-state index is 0.171. The van der Waals surface area contributed by atoms with Crippen molar-refractivity contribution in [3.05, 3.63) is 71.2 Å². The van der Waals surface area contributed by atoms with Crippen LogP contribution in [-0.4, -0.2) is 13.4 Å². The Bertz CT molecular complexity index is 1000. The van der Waals surface area contributed by atoms with Gasteiger partial charge in [-0.15, -0.1) is 11.3 Å². The third-order valence-electron chi connectivity index (χ3n) is 3.58. The zero-order valence-corrected chi connectivity index (χ0v) is 14.8. The fraction of sp³-hybridized carbons (Fsp3) is 0.118. The topological polar surface area (TPSA) is 59.1 Å². The normalized spacial score (nSPS) is 12.3. The van der Waals surface area contributed by atoms with E-state index in [4.69, 9.17) is 0 Å². The van der Waals surface area contributed by atoms with E-state index in [0.29, 0.717) is 11.3 Å². The van der Waals surface area contributed by atoms with Crippen LogP contribution in [0, 0.1) is 0 Å².